The molecule has 1 aromatic heterocycles. The lowest BCUT2D eigenvalue weighted by molar-refractivity contribution is -0.133. The summed E-state index contributed by atoms with van der Waals surface area (Å²) >= 11 is 1.20. The van der Waals surface area contributed by atoms with Crippen molar-refractivity contribution in [2.75, 3.05) is 5.75 Å². The van der Waals surface area contributed by atoms with Crippen molar-refractivity contribution in [1.82, 2.24) is 9.55 Å². The fourth-order valence-corrected chi connectivity index (χ4v) is 2.62. The van der Waals surface area contributed by atoms with Crippen molar-refractivity contribution >= 4 is 17.7 Å². The molecule has 0 atom stereocenters. The number of halogens is 1. The molecular weight excluding hydrogens is 279 g/mol. The van der Waals surface area contributed by atoms with Gasteiger partial charge in [-0.05, 0) is 36.6 Å². The third kappa shape index (κ3) is 3.84. The lowest BCUT2D eigenvalue weighted by atomic mass is 10.1. The molecule has 0 bridgehead atoms. The zero-order valence-corrected chi connectivity index (χ0v) is 11.9. The molecule has 0 saturated heterocycles. The first kappa shape index (κ1) is 14.6. The number of thioether (sulfide) groups is 1. The van der Waals surface area contributed by atoms with Crippen LogP contribution in [0.3, 0.4) is 0 Å². The van der Waals surface area contributed by atoms with Crippen LogP contribution in [-0.2, 0) is 17.8 Å². The predicted octanol–water partition coefficient (Wildman–Crippen LogP) is 2.75. The molecule has 0 radical (unpaired) electrons. The van der Waals surface area contributed by atoms with Crippen molar-refractivity contribution in [3.05, 3.63) is 47.5 Å². The predicted molar refractivity (Wildman–Crippen MR) is 75.4 cm³/mol. The molecule has 0 aliphatic rings. The number of benzene rings is 1. The summed E-state index contributed by atoms with van der Waals surface area (Å²) in [6, 6.07) is 4.76. The van der Waals surface area contributed by atoms with Gasteiger partial charge < -0.3 is 9.67 Å². The first-order valence-electron chi connectivity index (χ1n) is 6.17. The summed E-state index contributed by atoms with van der Waals surface area (Å²) in [5.41, 5.74) is 2.00. The van der Waals surface area contributed by atoms with Gasteiger partial charge in [-0.25, -0.2) is 9.37 Å². The monoisotopic (exact) mass is 294 g/mol. The summed E-state index contributed by atoms with van der Waals surface area (Å²) in [7, 11) is 0. The third-order valence-electron chi connectivity index (χ3n) is 2.93. The number of rotatable bonds is 6. The molecule has 4 nitrogen and oxygen atoms in total. The van der Waals surface area contributed by atoms with E-state index in [1.165, 1.54) is 23.9 Å². The van der Waals surface area contributed by atoms with Crippen LogP contribution in [0, 0.1) is 12.7 Å². The molecule has 1 N–H and O–H groups in total. The van der Waals surface area contributed by atoms with Crippen molar-refractivity contribution in [1.29, 1.82) is 0 Å². The molecule has 0 aliphatic heterocycles. The number of hydrogen-bond acceptors (Lipinski definition) is 3. The Kier molecular flexibility index (Phi) is 4.79. The zero-order valence-electron chi connectivity index (χ0n) is 11.0. The highest BCUT2D eigenvalue weighted by Gasteiger charge is 2.07. The average molecular weight is 294 g/mol. The van der Waals surface area contributed by atoms with Crippen LogP contribution in [-0.4, -0.2) is 26.4 Å². The van der Waals surface area contributed by atoms with Crippen LogP contribution >= 0.6 is 11.8 Å². The van der Waals surface area contributed by atoms with Crippen LogP contribution in [0.2, 0.25) is 0 Å². The fraction of sp³-hybridized carbons (Fsp3) is 0.286. The third-order valence-corrected chi connectivity index (χ3v) is 3.92. The molecule has 2 rings (SSSR count). The van der Waals surface area contributed by atoms with Crippen molar-refractivity contribution in [2.45, 2.75) is 25.0 Å². The largest absolute Gasteiger partial charge is 0.481 e. The summed E-state index contributed by atoms with van der Waals surface area (Å²) in [6.07, 6.45) is 4.23. The van der Waals surface area contributed by atoms with Crippen LogP contribution in [0.5, 0.6) is 0 Å². The van der Waals surface area contributed by atoms with Gasteiger partial charge in [-0.3, -0.25) is 4.79 Å². The molecule has 0 saturated carbocycles. The molecule has 0 aliphatic carbocycles. The quantitative estimate of drug-likeness (QED) is 0.832. The number of aliphatic carboxylic acids is 1. The second-order valence-corrected chi connectivity index (χ2v) is 5.35. The van der Waals surface area contributed by atoms with Crippen LogP contribution in [0.25, 0.3) is 0 Å². The maximum atomic E-state index is 13.0. The Balaban J connectivity index is 2.00. The fourth-order valence-electron chi connectivity index (χ4n) is 1.91. The molecule has 1 aromatic carbocycles. The van der Waals surface area contributed by atoms with E-state index in [4.69, 9.17) is 5.11 Å². The Bertz CT molecular complexity index is 613. The van der Waals surface area contributed by atoms with Crippen LogP contribution in [0.1, 0.15) is 11.1 Å². The first-order valence-corrected chi connectivity index (χ1v) is 7.15. The summed E-state index contributed by atoms with van der Waals surface area (Å²) < 4.78 is 14.9. The van der Waals surface area contributed by atoms with Gasteiger partial charge in [0.25, 0.3) is 0 Å². The highest BCUT2D eigenvalue weighted by atomic mass is 32.2. The zero-order chi connectivity index (χ0) is 14.5. The van der Waals surface area contributed by atoms with Crippen molar-refractivity contribution in [3.63, 3.8) is 0 Å². The summed E-state index contributed by atoms with van der Waals surface area (Å²) in [6.45, 7) is 2.57. The molecule has 0 spiro atoms. The standard InChI is InChI=1S/C14H15FN2O2S/c1-10-8-12(15)3-2-11(10)4-6-17-7-5-16-14(17)20-9-13(18)19/h2-3,5,7-8H,4,6,9H2,1H3,(H,18,19). The molecule has 106 valence electrons. The molecule has 20 heavy (non-hydrogen) atoms. The topological polar surface area (TPSA) is 55.1 Å². The van der Waals surface area contributed by atoms with Gasteiger partial charge >= 0.3 is 5.97 Å². The van der Waals surface area contributed by atoms with E-state index < -0.39 is 5.97 Å². The minimum Gasteiger partial charge on any atom is -0.481 e. The van der Waals surface area contributed by atoms with E-state index in [1.807, 2.05) is 17.7 Å². The number of aromatic nitrogens is 2. The maximum Gasteiger partial charge on any atom is 0.313 e. The lowest BCUT2D eigenvalue weighted by Crippen LogP contribution is -2.05. The van der Waals surface area contributed by atoms with Gasteiger partial charge in [0.05, 0.1) is 5.75 Å². The first-order chi connectivity index (χ1) is 9.56. The van der Waals surface area contributed by atoms with E-state index in [1.54, 1.807) is 12.3 Å². The normalized spacial score (nSPS) is 10.7. The number of carbonyl (C=O) groups is 1. The molecule has 1 heterocycles. The molecule has 2 aromatic rings. The highest BCUT2D eigenvalue weighted by Crippen LogP contribution is 2.17. The van der Waals surface area contributed by atoms with E-state index in [2.05, 4.69) is 4.98 Å². The van der Waals surface area contributed by atoms with E-state index >= 15 is 0 Å². The Morgan fingerprint density at radius 2 is 2.30 bits per heavy atom. The number of hydrogen-bond donors (Lipinski definition) is 1. The minimum atomic E-state index is -0.862. The van der Waals surface area contributed by atoms with Gasteiger partial charge in [0.1, 0.15) is 5.82 Å². The molecule has 0 unspecified atom stereocenters. The van der Waals surface area contributed by atoms with Gasteiger partial charge in [-0.2, -0.15) is 0 Å². The van der Waals surface area contributed by atoms with Crippen LogP contribution < -0.4 is 0 Å². The number of nitrogens with zero attached hydrogens (tertiary/aromatic N) is 2. The van der Waals surface area contributed by atoms with Crippen molar-refractivity contribution in [2.24, 2.45) is 0 Å². The van der Waals surface area contributed by atoms with Crippen molar-refractivity contribution in [3.8, 4) is 0 Å². The van der Waals surface area contributed by atoms with Gasteiger partial charge in [-0.1, -0.05) is 17.8 Å². The number of carboxylic acids is 1. The maximum absolute atomic E-state index is 13.0. The summed E-state index contributed by atoms with van der Waals surface area (Å²) in [5, 5.41) is 9.37. The van der Waals surface area contributed by atoms with E-state index in [9.17, 15) is 9.18 Å². The Morgan fingerprint density at radius 3 is 3.00 bits per heavy atom. The van der Waals surface area contributed by atoms with Crippen LogP contribution in [0.4, 0.5) is 4.39 Å². The molecule has 0 amide bonds. The van der Waals surface area contributed by atoms with E-state index in [0.717, 1.165) is 17.5 Å². The average Bonchev–Trinajstić information content (AvgIpc) is 2.83. The molecular formula is C14H15FN2O2S. The summed E-state index contributed by atoms with van der Waals surface area (Å²) in [4.78, 5) is 14.7. The van der Waals surface area contributed by atoms with Gasteiger partial charge in [0.2, 0.25) is 0 Å². The van der Waals surface area contributed by atoms with Crippen molar-refractivity contribution < 1.29 is 14.3 Å². The Morgan fingerprint density at radius 1 is 1.50 bits per heavy atom. The van der Waals surface area contributed by atoms with E-state index in [-0.39, 0.29) is 11.6 Å². The Hall–Kier alpha value is -1.82. The second-order valence-electron chi connectivity index (χ2n) is 4.41. The number of aryl methyl sites for hydroxylation is 3. The van der Waals surface area contributed by atoms with Gasteiger partial charge in [0, 0.05) is 18.9 Å². The lowest BCUT2D eigenvalue weighted by Gasteiger charge is -2.09. The van der Waals surface area contributed by atoms with E-state index in [0.29, 0.717) is 11.7 Å². The molecule has 6 heteroatoms. The molecule has 0 fully saturated rings. The van der Waals surface area contributed by atoms with Gasteiger partial charge in [0.15, 0.2) is 5.16 Å². The number of imidazole rings is 1. The van der Waals surface area contributed by atoms with Crippen LogP contribution in [0.15, 0.2) is 35.7 Å². The minimum absolute atomic E-state index is 0.00735. The Labute approximate surface area is 120 Å². The summed E-state index contributed by atoms with van der Waals surface area (Å²) in [5.74, 6) is -1.10. The SMILES string of the molecule is Cc1cc(F)ccc1CCn1ccnc1SCC(=O)O. The smallest absolute Gasteiger partial charge is 0.313 e. The van der Waals surface area contributed by atoms with Gasteiger partial charge in [-0.15, -0.1) is 0 Å². The highest BCUT2D eigenvalue weighted by molar-refractivity contribution is 7.99. The number of carboxylic acid groups (broad SMARTS) is 1. The second kappa shape index (κ2) is 6.56.